The van der Waals surface area contributed by atoms with Gasteiger partial charge in [-0.1, -0.05) is 20.8 Å². The molecule has 0 aromatic heterocycles. The molecule has 0 aliphatic carbocycles. The molecule has 1 fully saturated rings. The van der Waals surface area contributed by atoms with E-state index in [1.165, 1.54) is 6.92 Å². The van der Waals surface area contributed by atoms with Gasteiger partial charge in [-0.15, -0.1) is 11.8 Å². The first-order chi connectivity index (χ1) is 10.6. The summed E-state index contributed by atoms with van der Waals surface area (Å²) in [6.07, 6.45) is 2.53. The molecule has 1 saturated heterocycles. The van der Waals surface area contributed by atoms with Gasteiger partial charge in [-0.2, -0.15) is 0 Å². The summed E-state index contributed by atoms with van der Waals surface area (Å²) in [6.45, 7) is 10.3. The van der Waals surface area contributed by atoms with E-state index in [1.807, 2.05) is 0 Å². The summed E-state index contributed by atoms with van der Waals surface area (Å²) in [5, 5.41) is 0.129. The zero-order valence-electron chi connectivity index (χ0n) is 14.2. The van der Waals surface area contributed by atoms with Crippen molar-refractivity contribution in [1.82, 2.24) is 0 Å². The van der Waals surface area contributed by atoms with E-state index in [-0.39, 0.29) is 28.9 Å². The van der Waals surface area contributed by atoms with E-state index in [0.717, 1.165) is 25.9 Å². The van der Waals surface area contributed by atoms with E-state index >= 15 is 0 Å². The summed E-state index contributed by atoms with van der Waals surface area (Å²) in [4.78, 5) is 11.3. The normalized spacial score (nSPS) is 28.0. The third-order valence-corrected chi connectivity index (χ3v) is 4.60. The Morgan fingerprint density at radius 2 is 1.55 bits per heavy atom. The maximum atomic E-state index is 11.3. The smallest absolute Gasteiger partial charge is 0.303 e. The van der Waals surface area contributed by atoms with Gasteiger partial charge in [-0.3, -0.25) is 4.79 Å². The second kappa shape index (κ2) is 11.3. The molecule has 0 N–H and O–H groups in total. The van der Waals surface area contributed by atoms with Crippen molar-refractivity contribution in [2.75, 3.05) is 26.4 Å². The van der Waals surface area contributed by atoms with Crippen LogP contribution in [0, 0.1) is 0 Å². The zero-order valence-corrected chi connectivity index (χ0v) is 15.0. The molecule has 1 aliphatic rings. The number of rotatable bonds is 11. The third-order valence-electron chi connectivity index (χ3n) is 3.21. The minimum Gasteiger partial charge on any atom is -0.449 e. The van der Waals surface area contributed by atoms with Crippen molar-refractivity contribution in [2.24, 2.45) is 0 Å². The summed E-state index contributed by atoms with van der Waals surface area (Å²) in [5.41, 5.74) is -0.318. The number of ether oxygens (including phenoxy) is 4. The summed E-state index contributed by atoms with van der Waals surface area (Å²) < 4.78 is 23.1. The maximum absolute atomic E-state index is 11.3. The molecule has 5 nitrogen and oxygen atoms in total. The maximum Gasteiger partial charge on any atom is 0.303 e. The van der Waals surface area contributed by atoms with Crippen LogP contribution in [0.25, 0.3) is 0 Å². The molecule has 0 amide bonds. The van der Waals surface area contributed by atoms with Crippen molar-refractivity contribution in [1.29, 1.82) is 0 Å². The third kappa shape index (κ3) is 6.44. The predicted molar refractivity (Wildman–Crippen MR) is 88.1 cm³/mol. The van der Waals surface area contributed by atoms with Crippen LogP contribution < -0.4 is 0 Å². The van der Waals surface area contributed by atoms with Crippen molar-refractivity contribution in [3.8, 4) is 0 Å². The Morgan fingerprint density at radius 1 is 0.955 bits per heavy atom. The molecule has 1 unspecified atom stereocenters. The Hall–Kier alpha value is -0.300. The number of esters is 1. The summed E-state index contributed by atoms with van der Waals surface area (Å²) in [6, 6.07) is 0. The highest BCUT2D eigenvalue weighted by Gasteiger charge is 2.47. The van der Waals surface area contributed by atoms with Gasteiger partial charge in [0.25, 0.3) is 0 Å². The Balaban J connectivity index is 2.73. The zero-order chi connectivity index (χ0) is 16.4. The van der Waals surface area contributed by atoms with Gasteiger partial charge < -0.3 is 18.9 Å². The fourth-order valence-electron chi connectivity index (χ4n) is 2.31. The van der Waals surface area contributed by atoms with Gasteiger partial charge in [0.05, 0.1) is 11.9 Å². The average molecular weight is 334 g/mol. The molecule has 0 saturated carbocycles. The number of hydrogen-bond acceptors (Lipinski definition) is 6. The molecule has 0 aromatic rings. The lowest BCUT2D eigenvalue weighted by molar-refractivity contribution is -0.153. The first kappa shape index (κ1) is 19.7. The lowest BCUT2D eigenvalue weighted by Gasteiger charge is -2.25. The molecule has 6 heteroatoms. The molecule has 22 heavy (non-hydrogen) atoms. The molecular formula is C16H30O5S. The lowest BCUT2D eigenvalue weighted by atomic mass is 10.1. The van der Waals surface area contributed by atoms with E-state index in [0.29, 0.717) is 19.8 Å². The fourth-order valence-corrected chi connectivity index (χ4v) is 3.80. The monoisotopic (exact) mass is 334 g/mol. The van der Waals surface area contributed by atoms with Crippen LogP contribution in [0.5, 0.6) is 0 Å². The highest BCUT2D eigenvalue weighted by atomic mass is 32.2. The van der Waals surface area contributed by atoms with Crippen LogP contribution in [0.15, 0.2) is 0 Å². The summed E-state index contributed by atoms with van der Waals surface area (Å²) in [7, 11) is 0. The molecular weight excluding hydrogens is 304 g/mol. The van der Waals surface area contributed by atoms with E-state index < -0.39 is 0 Å². The van der Waals surface area contributed by atoms with Crippen LogP contribution in [0.1, 0.15) is 47.0 Å². The predicted octanol–water partition coefficient (Wildman–Crippen LogP) is 3.01. The summed E-state index contributed by atoms with van der Waals surface area (Å²) >= 11 is 1.59. The van der Waals surface area contributed by atoms with Crippen LogP contribution in [0.2, 0.25) is 0 Å². The highest BCUT2D eigenvalue weighted by molar-refractivity contribution is 8.00. The molecule has 0 bridgehead atoms. The Kier molecular flexibility index (Phi) is 10.1. The Labute approximate surface area is 138 Å². The van der Waals surface area contributed by atoms with Crippen LogP contribution in [-0.4, -0.2) is 55.3 Å². The highest BCUT2D eigenvalue weighted by Crippen LogP contribution is 2.39. The van der Waals surface area contributed by atoms with Crippen molar-refractivity contribution in [2.45, 2.75) is 69.9 Å². The van der Waals surface area contributed by atoms with Gasteiger partial charge in [-0.05, 0) is 19.3 Å². The number of thioether (sulfide) groups is 1. The number of carbonyl (C=O) groups excluding carboxylic acids is 1. The van der Waals surface area contributed by atoms with Gasteiger partial charge in [0.1, 0.15) is 12.2 Å². The van der Waals surface area contributed by atoms with Crippen LogP contribution in [0.3, 0.4) is 0 Å². The molecule has 1 aliphatic heterocycles. The topological polar surface area (TPSA) is 54.0 Å². The van der Waals surface area contributed by atoms with Gasteiger partial charge in [-0.25, -0.2) is 0 Å². The second-order valence-corrected chi connectivity index (χ2v) is 6.74. The molecule has 130 valence electrons. The van der Waals surface area contributed by atoms with Gasteiger partial charge >= 0.3 is 5.97 Å². The average Bonchev–Trinajstić information content (AvgIpc) is 2.79. The summed E-state index contributed by atoms with van der Waals surface area (Å²) in [5.74, 6) is -0.285. The standard InChI is InChI=1S/C16H30O5S/c1-5-8-18-11-13-14(19-9-6-2)15(20-10-7-3)16(22-13)21-12(4)17/h13-16H,5-11H2,1-4H3/t13-,14-,15+,16?/m0/s1. The molecule has 0 aromatic carbocycles. The Bertz CT molecular complexity index is 313. The minimum absolute atomic E-state index is 0.0993. The molecule has 0 spiro atoms. The van der Waals surface area contributed by atoms with E-state index in [2.05, 4.69) is 20.8 Å². The van der Waals surface area contributed by atoms with Crippen LogP contribution in [-0.2, 0) is 23.7 Å². The molecule has 4 atom stereocenters. The van der Waals surface area contributed by atoms with Crippen molar-refractivity contribution >= 4 is 17.7 Å². The first-order valence-corrected chi connectivity index (χ1v) is 9.21. The Morgan fingerprint density at radius 3 is 2.09 bits per heavy atom. The van der Waals surface area contributed by atoms with E-state index in [9.17, 15) is 4.79 Å². The van der Waals surface area contributed by atoms with E-state index in [1.54, 1.807) is 11.8 Å². The van der Waals surface area contributed by atoms with Gasteiger partial charge in [0, 0.05) is 26.7 Å². The first-order valence-electron chi connectivity index (χ1n) is 8.27. The minimum atomic E-state index is -0.318. The van der Waals surface area contributed by atoms with Crippen LogP contribution in [0.4, 0.5) is 0 Å². The quantitative estimate of drug-likeness (QED) is 0.428. The lowest BCUT2D eigenvalue weighted by Crippen LogP contribution is -2.40. The molecule has 1 rings (SSSR count). The number of hydrogen-bond donors (Lipinski definition) is 0. The second-order valence-electron chi connectivity index (χ2n) is 5.40. The van der Waals surface area contributed by atoms with Gasteiger partial charge in [0.15, 0.2) is 5.44 Å². The molecule has 0 radical (unpaired) electrons. The van der Waals surface area contributed by atoms with Crippen molar-refractivity contribution in [3.63, 3.8) is 0 Å². The SMILES string of the molecule is CCCOC[C@@H]1SC(OC(C)=O)[C@H](OCCC)[C@H]1OCCC. The van der Waals surface area contributed by atoms with Crippen molar-refractivity contribution < 1.29 is 23.7 Å². The largest absolute Gasteiger partial charge is 0.449 e. The van der Waals surface area contributed by atoms with Gasteiger partial charge in [0.2, 0.25) is 0 Å². The fraction of sp³-hybridized carbons (Fsp3) is 0.938. The number of carbonyl (C=O) groups is 1. The van der Waals surface area contributed by atoms with Crippen molar-refractivity contribution in [3.05, 3.63) is 0 Å². The van der Waals surface area contributed by atoms with Crippen LogP contribution >= 0.6 is 11.8 Å². The molecule has 1 heterocycles. The van der Waals surface area contributed by atoms with E-state index in [4.69, 9.17) is 18.9 Å².